The van der Waals surface area contributed by atoms with Crippen LogP contribution >= 0.6 is 0 Å². The highest BCUT2D eigenvalue weighted by atomic mass is 19.1. The van der Waals surface area contributed by atoms with Gasteiger partial charge in [-0.05, 0) is 73.2 Å². The fourth-order valence-electron chi connectivity index (χ4n) is 4.02. The van der Waals surface area contributed by atoms with E-state index in [2.05, 4.69) is 9.98 Å². The fourth-order valence-corrected chi connectivity index (χ4v) is 4.02. The lowest BCUT2D eigenvalue weighted by molar-refractivity contribution is 0.112. The van der Waals surface area contributed by atoms with Gasteiger partial charge in [0.15, 0.2) is 12.2 Å². The van der Waals surface area contributed by atoms with E-state index in [-0.39, 0.29) is 39.5 Å². The average molecular weight is 424 g/mol. The summed E-state index contributed by atoms with van der Waals surface area (Å²) < 4.78 is 29.8. The molecule has 0 aliphatic carbocycles. The molecule has 0 amide bonds. The van der Waals surface area contributed by atoms with Crippen molar-refractivity contribution >= 4 is 12.0 Å². The molecule has 0 atom stereocenters. The fraction of sp³-hybridized carbons (Fsp3) is 0.280. The van der Waals surface area contributed by atoms with E-state index in [9.17, 15) is 18.7 Å². The van der Waals surface area contributed by atoms with Crippen molar-refractivity contribution in [2.45, 2.75) is 40.5 Å². The molecular formula is C25H26F2N2O2. The molecule has 6 heteroatoms. The number of benzene rings is 2. The molecule has 0 aliphatic rings. The number of carbonyl (C=O) groups is 1. The van der Waals surface area contributed by atoms with Gasteiger partial charge < -0.3 is 10.1 Å². The number of hydrogen-bond donors (Lipinski definition) is 2. The van der Waals surface area contributed by atoms with Crippen LogP contribution in [0, 0.1) is 25.5 Å². The van der Waals surface area contributed by atoms with E-state index in [4.69, 9.17) is 0 Å². The van der Waals surface area contributed by atoms with Crippen LogP contribution < -0.4 is 0 Å². The largest absolute Gasteiger partial charge is 0.494 e. The van der Waals surface area contributed by atoms with E-state index in [1.165, 1.54) is 19.2 Å². The van der Waals surface area contributed by atoms with Crippen molar-refractivity contribution in [2.24, 2.45) is 4.99 Å². The molecule has 0 fully saturated rings. The van der Waals surface area contributed by atoms with Gasteiger partial charge in [0.05, 0.1) is 22.5 Å². The third kappa shape index (κ3) is 3.90. The van der Waals surface area contributed by atoms with Gasteiger partial charge in [-0.15, -0.1) is 0 Å². The Labute approximate surface area is 180 Å². The van der Waals surface area contributed by atoms with Crippen molar-refractivity contribution in [1.82, 2.24) is 4.98 Å². The molecule has 2 N–H and O–H groups in total. The Morgan fingerprint density at radius 3 is 2.16 bits per heavy atom. The Morgan fingerprint density at radius 2 is 1.61 bits per heavy atom. The van der Waals surface area contributed by atoms with Crippen LogP contribution in [-0.4, -0.2) is 29.1 Å². The number of aromatic amines is 1. The lowest BCUT2D eigenvalue weighted by Crippen LogP contribution is -2.09. The third-order valence-corrected chi connectivity index (χ3v) is 5.73. The Morgan fingerprint density at radius 1 is 1.03 bits per heavy atom. The maximum absolute atomic E-state index is 14.9. The van der Waals surface area contributed by atoms with Crippen molar-refractivity contribution in [2.75, 3.05) is 7.05 Å². The molecule has 0 aliphatic heterocycles. The summed E-state index contributed by atoms with van der Waals surface area (Å²) in [4.78, 5) is 18.9. The normalized spacial score (nSPS) is 11.8. The van der Waals surface area contributed by atoms with Crippen LogP contribution in [0.2, 0.25) is 0 Å². The maximum atomic E-state index is 14.9. The SMILES string of the molecule is CCc1cc(F)c(C(=NC)c2c(O)[nH]c(-c3cc(C)c(CC)cc3F)c2C=O)cc1C. The summed E-state index contributed by atoms with van der Waals surface area (Å²) in [7, 11) is 1.46. The number of aryl methyl sites for hydroxylation is 4. The van der Waals surface area contributed by atoms with Crippen molar-refractivity contribution in [3.8, 4) is 17.1 Å². The first-order valence-electron chi connectivity index (χ1n) is 10.2. The summed E-state index contributed by atoms with van der Waals surface area (Å²) in [5, 5.41) is 10.6. The predicted molar refractivity (Wildman–Crippen MR) is 119 cm³/mol. The molecule has 0 spiro atoms. The molecule has 1 heterocycles. The predicted octanol–water partition coefficient (Wildman–Crippen LogP) is 5.69. The van der Waals surface area contributed by atoms with Gasteiger partial charge in [0.25, 0.3) is 0 Å². The summed E-state index contributed by atoms with van der Waals surface area (Å²) in [6, 6.07) is 6.16. The zero-order valence-electron chi connectivity index (χ0n) is 18.4. The van der Waals surface area contributed by atoms with Gasteiger partial charge in [0, 0.05) is 18.2 Å². The summed E-state index contributed by atoms with van der Waals surface area (Å²) in [6.45, 7) is 7.59. The topological polar surface area (TPSA) is 65.5 Å². The Kier molecular flexibility index (Phi) is 6.39. The molecule has 4 nitrogen and oxygen atoms in total. The van der Waals surface area contributed by atoms with Gasteiger partial charge in [-0.25, -0.2) is 8.78 Å². The molecular weight excluding hydrogens is 398 g/mol. The number of nitrogens with one attached hydrogen (secondary N) is 1. The molecule has 1 aromatic heterocycles. The van der Waals surface area contributed by atoms with Crippen LogP contribution in [0.5, 0.6) is 5.88 Å². The number of carbonyl (C=O) groups excluding carboxylic acids is 1. The summed E-state index contributed by atoms with van der Waals surface area (Å²) >= 11 is 0. The molecule has 3 aromatic rings. The Balaban J connectivity index is 2.25. The lowest BCUT2D eigenvalue weighted by atomic mass is 9.93. The van der Waals surface area contributed by atoms with E-state index < -0.39 is 11.6 Å². The number of rotatable bonds is 6. The number of aromatic nitrogens is 1. The Bertz CT molecular complexity index is 1190. The van der Waals surface area contributed by atoms with Crippen LogP contribution in [0.15, 0.2) is 29.3 Å². The number of hydrogen-bond acceptors (Lipinski definition) is 3. The zero-order valence-corrected chi connectivity index (χ0v) is 18.4. The number of aliphatic imine (C=N–C) groups is 1. The van der Waals surface area contributed by atoms with Crippen molar-refractivity contribution in [3.63, 3.8) is 0 Å². The quantitative estimate of drug-likeness (QED) is 0.395. The monoisotopic (exact) mass is 424 g/mol. The standard InChI is InChI=1S/C25H26F2N2O2/c1-6-15-10-20(26)17(8-13(15)3)23-19(12-30)22(25(31)29-23)24(28-5)18-9-14(4)16(7-2)11-21(18)27/h8-12,29,31H,6-7H2,1-5H3. The van der Waals surface area contributed by atoms with Gasteiger partial charge >= 0.3 is 0 Å². The minimum atomic E-state index is -0.511. The van der Waals surface area contributed by atoms with Crippen LogP contribution in [0.1, 0.15) is 57.6 Å². The molecule has 0 saturated heterocycles. The lowest BCUT2D eigenvalue weighted by Gasteiger charge is -2.12. The average Bonchev–Trinajstić information content (AvgIpc) is 3.08. The van der Waals surface area contributed by atoms with Crippen LogP contribution in [-0.2, 0) is 12.8 Å². The van der Waals surface area contributed by atoms with E-state index in [1.54, 1.807) is 12.1 Å². The number of aromatic hydroxyl groups is 1. The molecule has 0 radical (unpaired) electrons. The first-order valence-corrected chi connectivity index (χ1v) is 10.2. The van der Waals surface area contributed by atoms with Gasteiger partial charge in [0.2, 0.25) is 0 Å². The molecule has 31 heavy (non-hydrogen) atoms. The minimum Gasteiger partial charge on any atom is -0.494 e. The minimum absolute atomic E-state index is 0.0252. The molecule has 0 bridgehead atoms. The van der Waals surface area contributed by atoms with E-state index in [0.717, 1.165) is 22.3 Å². The number of aldehydes is 1. The highest BCUT2D eigenvalue weighted by Crippen LogP contribution is 2.36. The van der Waals surface area contributed by atoms with E-state index in [0.29, 0.717) is 19.1 Å². The number of halogens is 2. The van der Waals surface area contributed by atoms with E-state index in [1.807, 2.05) is 27.7 Å². The zero-order chi connectivity index (χ0) is 22.9. The Hall–Kier alpha value is -3.28. The van der Waals surface area contributed by atoms with Crippen LogP contribution in [0.4, 0.5) is 8.78 Å². The second kappa shape index (κ2) is 8.84. The number of nitrogens with zero attached hydrogens (tertiary/aromatic N) is 1. The molecule has 162 valence electrons. The number of H-pyrrole nitrogens is 1. The summed E-state index contributed by atoms with van der Waals surface area (Å²) in [5.74, 6) is -1.38. The second-order valence-electron chi connectivity index (χ2n) is 7.55. The molecule has 0 saturated carbocycles. The van der Waals surface area contributed by atoms with E-state index >= 15 is 0 Å². The van der Waals surface area contributed by atoms with Gasteiger partial charge in [-0.2, -0.15) is 0 Å². The van der Waals surface area contributed by atoms with Gasteiger partial charge in [-0.3, -0.25) is 9.79 Å². The summed E-state index contributed by atoms with van der Waals surface area (Å²) in [5.41, 5.74) is 4.11. The maximum Gasteiger partial charge on any atom is 0.199 e. The van der Waals surface area contributed by atoms with Crippen molar-refractivity contribution in [1.29, 1.82) is 0 Å². The first-order chi connectivity index (χ1) is 14.8. The highest BCUT2D eigenvalue weighted by Gasteiger charge is 2.26. The summed E-state index contributed by atoms with van der Waals surface area (Å²) in [6.07, 6.45) is 1.87. The van der Waals surface area contributed by atoms with Crippen molar-refractivity contribution in [3.05, 3.63) is 74.8 Å². The van der Waals surface area contributed by atoms with Crippen LogP contribution in [0.3, 0.4) is 0 Å². The molecule has 2 aromatic carbocycles. The molecule has 0 unspecified atom stereocenters. The van der Waals surface area contributed by atoms with Crippen LogP contribution in [0.25, 0.3) is 11.3 Å². The van der Waals surface area contributed by atoms with Gasteiger partial charge in [0.1, 0.15) is 11.6 Å². The smallest absolute Gasteiger partial charge is 0.199 e. The first kappa shape index (κ1) is 22.4. The highest BCUT2D eigenvalue weighted by molar-refractivity contribution is 6.19. The van der Waals surface area contributed by atoms with Crippen molar-refractivity contribution < 1.29 is 18.7 Å². The van der Waals surface area contributed by atoms with Gasteiger partial charge in [-0.1, -0.05) is 13.8 Å². The second-order valence-corrected chi connectivity index (χ2v) is 7.55. The molecule has 3 rings (SSSR count). The third-order valence-electron chi connectivity index (χ3n) is 5.73.